The van der Waals surface area contributed by atoms with Crippen molar-refractivity contribution >= 4 is 34.3 Å². The fraction of sp³-hybridized carbons (Fsp3) is 0.244. The number of hydrogen-bond acceptors (Lipinski definition) is 11. The summed E-state index contributed by atoms with van der Waals surface area (Å²) in [5, 5.41) is 20.5. The normalized spacial score (nSPS) is 9.42. The number of halogens is 4. The van der Waals surface area contributed by atoms with Crippen LogP contribution < -0.4 is 108 Å². The van der Waals surface area contributed by atoms with Gasteiger partial charge in [-0.3, -0.25) is 28.9 Å². The molecule has 0 atom stereocenters. The van der Waals surface area contributed by atoms with Crippen molar-refractivity contribution in [2.24, 2.45) is 0 Å². The molecule has 0 radical (unpaired) electrons. The van der Waals surface area contributed by atoms with Gasteiger partial charge in [-0.05, 0) is 86.3 Å². The maximum Gasteiger partial charge on any atom is 1.00 e. The molecule has 0 aliphatic heterocycles. The molecule has 0 saturated heterocycles. The molecule has 0 unspecified atom stereocenters. The van der Waals surface area contributed by atoms with E-state index in [4.69, 9.17) is 20.9 Å². The maximum atomic E-state index is 13.0. The molecule has 0 saturated carbocycles. The molecule has 60 heavy (non-hydrogen) atoms. The Balaban J connectivity index is -0.000000813. The number of alkyl halides is 2. The van der Waals surface area contributed by atoms with Crippen LogP contribution in [-0.4, -0.2) is 74.1 Å². The number of aromatic nitrogens is 6. The number of nitrogens with zero attached hydrogens (tertiary/aromatic N) is 5. The number of hydrogen-bond donors (Lipinski definition) is 1. The fourth-order valence-electron chi connectivity index (χ4n) is 4.52. The molecule has 0 fully saturated rings. The minimum Gasteiger partial charge on any atom is -1.00 e. The Labute approximate surface area is 444 Å². The monoisotopic (exact) mass is 949 g/mol. The minimum atomic E-state index is -1.00. The number of ether oxygens (including phenoxy) is 2. The molecule has 0 spiro atoms. The SMILES string of the molecule is C.CCOC(=O)c1cc(-c2ccccn2)n[nH]1.CCOC(=O)c1cc(-c2ccccn2)nn1CCc1ccc(F)cc1.Fc1ccc(CCBr)cc1.O=CO[O-].[2H]CF.[H-].[K+].[K+]. The Morgan fingerprint density at radius 1 is 0.817 bits per heavy atom. The first-order valence-corrected chi connectivity index (χ1v) is 18.2. The third-order valence-electron chi connectivity index (χ3n) is 7.05. The predicted octanol–water partition coefficient (Wildman–Crippen LogP) is 1.69. The summed E-state index contributed by atoms with van der Waals surface area (Å²) in [5.74, 6) is -1.26. The molecule has 4 heterocycles. The first-order chi connectivity index (χ1) is 28.1. The van der Waals surface area contributed by atoms with Gasteiger partial charge in [0.1, 0.15) is 34.4 Å². The number of carbonyl (C=O) groups is 3. The van der Waals surface area contributed by atoms with E-state index in [0.717, 1.165) is 17.3 Å². The molecular weight excluding hydrogens is 904 g/mol. The quantitative estimate of drug-likeness (QED) is 0.0473. The zero-order valence-electron chi connectivity index (χ0n) is 35.0. The van der Waals surface area contributed by atoms with Gasteiger partial charge in [-0.25, -0.2) is 18.4 Å². The molecular formula is C41H46BrF3K2N6O7. The van der Waals surface area contributed by atoms with Gasteiger partial charge in [0.25, 0.3) is 6.47 Å². The van der Waals surface area contributed by atoms with Crippen molar-refractivity contribution in [1.82, 2.24) is 29.9 Å². The number of pyridine rings is 2. The summed E-state index contributed by atoms with van der Waals surface area (Å²) < 4.78 is 52.4. The molecule has 2 aromatic carbocycles. The van der Waals surface area contributed by atoms with Crippen molar-refractivity contribution in [3.63, 3.8) is 0 Å². The van der Waals surface area contributed by atoms with Crippen LogP contribution in [-0.2, 0) is 38.5 Å². The van der Waals surface area contributed by atoms with Crippen molar-refractivity contribution < 1.29 is 153 Å². The Bertz CT molecular complexity index is 2060. The Hall–Kier alpha value is -2.93. The van der Waals surface area contributed by atoms with Crippen molar-refractivity contribution in [2.75, 3.05) is 25.7 Å². The van der Waals surface area contributed by atoms with Gasteiger partial charge in [0.15, 0.2) is 0 Å². The van der Waals surface area contributed by atoms with Gasteiger partial charge in [0, 0.05) is 36.4 Å². The van der Waals surface area contributed by atoms with E-state index >= 15 is 0 Å². The second-order valence-electron chi connectivity index (χ2n) is 10.8. The molecule has 6 rings (SSSR count). The molecule has 0 amide bonds. The first kappa shape index (κ1) is 57.1. The van der Waals surface area contributed by atoms with Crippen LogP contribution in [0, 0.1) is 11.6 Å². The standard InChI is InChI=1S/C19H18FN3O2.C11H11N3O2.C8H8BrF.CH3F.CH2O3.CH4.2K.H/c1-2-25-19(24)18-13-17(16-5-3-4-11-21-16)22-23(18)12-10-14-6-8-15(20)9-7-14;1-2-16-11(15)10-7-9(13-14-10)8-5-3-4-6-12-8;9-6-5-7-1-3-8(10)4-2-7;1-2;2-1-4-3;;;;/h3-9,11,13H,2,10,12H2,1H3;3-7H,2H2,1H3,(H,13,14);1-4H,5-6H2;1H3;1,3H;1H4;;;/q;;;;;;2*+1;-1/p-1/i;;;1D;;;;;. The third kappa shape index (κ3) is 22.2. The molecule has 0 bridgehead atoms. The Morgan fingerprint density at radius 3 is 1.75 bits per heavy atom. The average molecular weight is 951 g/mol. The van der Waals surface area contributed by atoms with Crippen molar-refractivity contribution in [1.29, 1.82) is 0 Å². The molecule has 1 N–H and O–H groups in total. The number of aryl methyl sites for hydroxylation is 3. The first-order valence-electron chi connectivity index (χ1n) is 17.8. The van der Waals surface area contributed by atoms with Gasteiger partial charge >= 0.3 is 115 Å². The number of benzene rings is 2. The minimum absolute atomic E-state index is 0. The van der Waals surface area contributed by atoms with Crippen LogP contribution in [0.25, 0.3) is 22.8 Å². The van der Waals surface area contributed by atoms with Crippen molar-refractivity contribution in [2.45, 2.75) is 40.7 Å². The largest absolute Gasteiger partial charge is 1.00 e. The second kappa shape index (κ2) is 35.6. The molecule has 13 nitrogen and oxygen atoms in total. The van der Waals surface area contributed by atoms with Crippen LogP contribution >= 0.6 is 15.9 Å². The Kier molecular flexibility index (Phi) is 33.9. The van der Waals surface area contributed by atoms with Crippen molar-refractivity contribution in [3.8, 4) is 22.8 Å². The van der Waals surface area contributed by atoms with Crippen LogP contribution in [0.1, 0.15) is 56.2 Å². The summed E-state index contributed by atoms with van der Waals surface area (Å²) in [6, 6.07) is 27.2. The van der Waals surface area contributed by atoms with Gasteiger partial charge < -0.3 is 21.0 Å². The number of aromatic amines is 1. The summed E-state index contributed by atoms with van der Waals surface area (Å²) in [5.41, 5.74) is 5.49. The molecule has 0 aliphatic rings. The van der Waals surface area contributed by atoms with E-state index in [0.29, 0.717) is 60.3 Å². The molecule has 312 valence electrons. The number of nitrogens with one attached hydrogen (secondary N) is 1. The summed E-state index contributed by atoms with van der Waals surface area (Å²) in [6.45, 7) is 4.45. The maximum absolute atomic E-state index is 13.0. The molecule has 6 aromatic rings. The van der Waals surface area contributed by atoms with Gasteiger partial charge in [0.2, 0.25) is 0 Å². The van der Waals surface area contributed by atoms with Gasteiger partial charge in [-0.2, -0.15) is 10.2 Å². The van der Waals surface area contributed by atoms with Gasteiger partial charge in [-0.1, -0.05) is 59.8 Å². The zero-order valence-corrected chi connectivity index (χ0v) is 40.9. The molecule has 0 aliphatic carbocycles. The van der Waals surface area contributed by atoms with E-state index in [9.17, 15) is 22.8 Å². The summed E-state index contributed by atoms with van der Waals surface area (Å²) in [7, 11) is -1.00. The Morgan fingerprint density at radius 2 is 1.30 bits per heavy atom. The van der Waals surface area contributed by atoms with Crippen LogP contribution in [0.3, 0.4) is 0 Å². The van der Waals surface area contributed by atoms with E-state index in [1.807, 2.05) is 36.4 Å². The van der Waals surface area contributed by atoms with E-state index in [2.05, 4.69) is 46.1 Å². The van der Waals surface area contributed by atoms with Gasteiger partial charge in [0.05, 0.1) is 33.1 Å². The van der Waals surface area contributed by atoms with E-state index in [1.165, 1.54) is 29.8 Å². The molecule has 4 aromatic heterocycles. The average Bonchev–Trinajstić information content (AvgIpc) is 3.92. The number of carbonyl (C=O) groups excluding carboxylic acids is 3. The number of esters is 2. The summed E-state index contributed by atoms with van der Waals surface area (Å²) in [4.78, 5) is 43.2. The number of H-pyrrole nitrogens is 1. The zero-order chi connectivity index (χ0) is 42.5. The van der Waals surface area contributed by atoms with E-state index < -0.39 is 19.1 Å². The van der Waals surface area contributed by atoms with Gasteiger partial charge in [-0.15, -0.1) is 0 Å². The van der Waals surface area contributed by atoms with Crippen LogP contribution in [0.15, 0.2) is 109 Å². The van der Waals surface area contributed by atoms with Crippen LogP contribution in [0.2, 0.25) is 0 Å². The van der Waals surface area contributed by atoms with E-state index in [1.54, 1.807) is 67.3 Å². The summed E-state index contributed by atoms with van der Waals surface area (Å²) in [6.07, 6.45) is 4.93. The van der Waals surface area contributed by atoms with Crippen LogP contribution in [0.5, 0.6) is 0 Å². The molecule has 19 heteroatoms. The van der Waals surface area contributed by atoms with Crippen molar-refractivity contribution in [3.05, 3.63) is 144 Å². The number of rotatable bonds is 12. The fourth-order valence-corrected chi connectivity index (χ4v) is 4.98. The second-order valence-corrected chi connectivity index (χ2v) is 11.6. The predicted molar refractivity (Wildman–Crippen MR) is 215 cm³/mol. The smallest absolute Gasteiger partial charge is 1.00 e. The summed E-state index contributed by atoms with van der Waals surface area (Å²) >= 11 is 3.31. The van der Waals surface area contributed by atoms with Crippen LogP contribution in [0.4, 0.5) is 13.2 Å². The third-order valence-corrected chi connectivity index (χ3v) is 7.45. The topological polar surface area (TPSA) is 174 Å². The van der Waals surface area contributed by atoms with E-state index in [-0.39, 0.29) is 130 Å².